The summed E-state index contributed by atoms with van der Waals surface area (Å²) >= 11 is 0. The van der Waals surface area contributed by atoms with Crippen molar-refractivity contribution >= 4 is 11.6 Å². The number of ether oxygens (including phenoxy) is 2. The van der Waals surface area contributed by atoms with Crippen LogP contribution in [0.25, 0.3) is 5.70 Å². The topological polar surface area (TPSA) is 44.0 Å². The minimum atomic E-state index is -0.251. The molecule has 4 nitrogen and oxygen atoms in total. The number of methoxy groups -OCH3 is 1. The molecule has 0 saturated heterocycles. The largest absolute Gasteiger partial charge is 0.497 e. The third-order valence-electron chi connectivity index (χ3n) is 4.02. The Kier molecular flexibility index (Phi) is 4.09. The Hall–Kier alpha value is -3.27. The first-order valence-corrected chi connectivity index (χ1v) is 8.04. The van der Waals surface area contributed by atoms with E-state index < -0.39 is 0 Å². The van der Waals surface area contributed by atoms with Crippen LogP contribution in [0.5, 0.6) is 5.75 Å². The summed E-state index contributed by atoms with van der Waals surface area (Å²) in [6, 6.07) is 21.5. The Balaban J connectivity index is 1.74. The molecule has 0 bridgehead atoms. The molecule has 1 aromatic heterocycles. The van der Waals surface area contributed by atoms with Crippen LogP contribution >= 0.6 is 0 Å². The quantitative estimate of drug-likeness (QED) is 0.686. The molecule has 1 aliphatic heterocycles. The summed E-state index contributed by atoms with van der Waals surface area (Å²) in [6.45, 7) is 0. The summed E-state index contributed by atoms with van der Waals surface area (Å²) in [7, 11) is 1.65. The van der Waals surface area contributed by atoms with Crippen molar-refractivity contribution < 1.29 is 13.9 Å². The molecule has 1 aliphatic rings. The molecule has 0 radical (unpaired) electrons. The van der Waals surface area contributed by atoms with E-state index in [0.717, 1.165) is 22.6 Å². The van der Waals surface area contributed by atoms with Gasteiger partial charge in [0.25, 0.3) is 5.90 Å². The van der Waals surface area contributed by atoms with E-state index >= 15 is 0 Å². The summed E-state index contributed by atoms with van der Waals surface area (Å²) in [4.78, 5) is 4.64. The average molecular weight is 331 g/mol. The van der Waals surface area contributed by atoms with Crippen molar-refractivity contribution in [3.63, 3.8) is 0 Å². The second kappa shape index (κ2) is 6.69. The Morgan fingerprint density at radius 1 is 0.920 bits per heavy atom. The number of hydrogen-bond acceptors (Lipinski definition) is 4. The van der Waals surface area contributed by atoms with E-state index in [0.29, 0.717) is 11.7 Å². The van der Waals surface area contributed by atoms with Crippen molar-refractivity contribution in [3.8, 4) is 5.75 Å². The highest BCUT2D eigenvalue weighted by atomic mass is 16.5. The smallest absolute Gasteiger partial charge is 0.259 e. The lowest BCUT2D eigenvalue weighted by Crippen LogP contribution is -2.15. The van der Waals surface area contributed by atoms with Crippen LogP contribution in [0.2, 0.25) is 0 Å². The van der Waals surface area contributed by atoms with Crippen LogP contribution < -0.4 is 4.74 Å². The molecule has 25 heavy (non-hydrogen) atoms. The van der Waals surface area contributed by atoms with Gasteiger partial charge in [-0.1, -0.05) is 42.5 Å². The molecule has 0 spiro atoms. The summed E-state index contributed by atoms with van der Waals surface area (Å²) in [5, 5.41) is 0. The molecular formula is C21H17NO3. The molecule has 124 valence electrons. The first-order chi connectivity index (χ1) is 12.3. The molecular weight excluding hydrogens is 314 g/mol. The molecule has 4 heteroatoms. The van der Waals surface area contributed by atoms with Crippen LogP contribution in [0.15, 0.2) is 88.5 Å². The number of nitrogens with zero attached hydrogens (tertiary/aromatic N) is 1. The fourth-order valence-electron chi connectivity index (χ4n) is 2.71. The van der Waals surface area contributed by atoms with Gasteiger partial charge in [-0.25, -0.2) is 4.99 Å². The minimum Gasteiger partial charge on any atom is -0.497 e. The average Bonchev–Trinajstić information content (AvgIpc) is 3.23. The van der Waals surface area contributed by atoms with Crippen LogP contribution in [0.1, 0.15) is 23.0 Å². The number of benzene rings is 2. The normalized spacial score (nSPS) is 16.6. The van der Waals surface area contributed by atoms with E-state index in [9.17, 15) is 0 Å². The number of hydrogen-bond donors (Lipinski definition) is 0. The van der Waals surface area contributed by atoms with Crippen LogP contribution in [0.3, 0.4) is 0 Å². The number of rotatable bonds is 4. The summed E-state index contributed by atoms with van der Waals surface area (Å²) in [6.07, 6.45) is 3.38. The lowest BCUT2D eigenvalue weighted by molar-refractivity contribution is 0.233. The van der Waals surface area contributed by atoms with Gasteiger partial charge in [-0.05, 0) is 35.9 Å². The lowest BCUT2D eigenvalue weighted by atomic mass is 10.0. The third kappa shape index (κ3) is 3.19. The van der Waals surface area contributed by atoms with E-state index in [1.165, 1.54) is 0 Å². The molecule has 2 aromatic carbocycles. The minimum absolute atomic E-state index is 0.251. The maximum Gasteiger partial charge on any atom is 0.259 e. The molecule has 0 aliphatic carbocycles. The molecule has 1 unspecified atom stereocenters. The Bertz CT molecular complexity index is 894. The van der Waals surface area contributed by atoms with E-state index in [1.807, 2.05) is 72.8 Å². The van der Waals surface area contributed by atoms with Crippen LogP contribution in [-0.2, 0) is 4.74 Å². The van der Waals surface area contributed by atoms with Gasteiger partial charge in [0.2, 0.25) is 0 Å². The van der Waals surface area contributed by atoms with Crippen molar-refractivity contribution in [3.05, 3.63) is 96.0 Å². The molecule has 0 fully saturated rings. The first kappa shape index (κ1) is 15.3. The van der Waals surface area contributed by atoms with Crippen molar-refractivity contribution in [2.45, 2.75) is 6.10 Å². The number of furan rings is 1. The monoisotopic (exact) mass is 331 g/mol. The standard InChI is InChI=1S/C21H17NO3/c1-23-17-11-9-16(10-12-17)20-14-18(15-6-3-2-4-7-15)22-21(25-20)19-8-5-13-24-19/h2-14,20H,1H3. The highest BCUT2D eigenvalue weighted by Gasteiger charge is 2.23. The summed E-state index contributed by atoms with van der Waals surface area (Å²) < 4.78 is 16.8. The van der Waals surface area contributed by atoms with Gasteiger partial charge in [0.1, 0.15) is 11.9 Å². The van der Waals surface area contributed by atoms with Gasteiger partial charge in [-0.3, -0.25) is 0 Å². The zero-order valence-corrected chi connectivity index (χ0v) is 13.8. The second-order valence-electron chi connectivity index (χ2n) is 5.62. The molecule has 0 amide bonds. The predicted octanol–water partition coefficient (Wildman–Crippen LogP) is 4.85. The molecule has 4 rings (SSSR count). The van der Waals surface area contributed by atoms with E-state index in [-0.39, 0.29) is 6.10 Å². The van der Waals surface area contributed by atoms with Gasteiger partial charge in [-0.15, -0.1) is 0 Å². The number of aliphatic imine (C=N–C) groups is 1. The highest BCUT2D eigenvalue weighted by Crippen LogP contribution is 2.32. The predicted molar refractivity (Wildman–Crippen MR) is 96.5 cm³/mol. The van der Waals surface area contributed by atoms with Gasteiger partial charge in [0.15, 0.2) is 5.76 Å². The maximum absolute atomic E-state index is 6.08. The second-order valence-corrected chi connectivity index (χ2v) is 5.62. The summed E-state index contributed by atoms with van der Waals surface area (Å²) in [5.41, 5.74) is 2.92. The van der Waals surface area contributed by atoms with E-state index in [4.69, 9.17) is 13.9 Å². The van der Waals surface area contributed by atoms with E-state index in [2.05, 4.69) is 4.99 Å². The Morgan fingerprint density at radius 2 is 1.72 bits per heavy atom. The maximum atomic E-state index is 6.08. The van der Waals surface area contributed by atoms with E-state index in [1.54, 1.807) is 13.4 Å². The molecule has 0 N–H and O–H groups in total. The van der Waals surface area contributed by atoms with Crippen molar-refractivity contribution in [1.82, 2.24) is 0 Å². The molecule has 2 heterocycles. The van der Waals surface area contributed by atoms with Gasteiger partial charge in [-0.2, -0.15) is 0 Å². The van der Waals surface area contributed by atoms with Gasteiger partial charge < -0.3 is 13.9 Å². The zero-order chi connectivity index (χ0) is 17.1. The van der Waals surface area contributed by atoms with Crippen LogP contribution in [-0.4, -0.2) is 13.0 Å². The Labute approximate surface area is 146 Å². The fourth-order valence-corrected chi connectivity index (χ4v) is 2.71. The van der Waals surface area contributed by atoms with Gasteiger partial charge in [0.05, 0.1) is 19.1 Å². The van der Waals surface area contributed by atoms with Crippen molar-refractivity contribution in [2.24, 2.45) is 4.99 Å². The third-order valence-corrected chi connectivity index (χ3v) is 4.02. The first-order valence-electron chi connectivity index (χ1n) is 8.04. The Morgan fingerprint density at radius 3 is 2.40 bits per heavy atom. The SMILES string of the molecule is COc1ccc(C2C=C(c3ccccc3)N=C(c3ccco3)O2)cc1. The van der Waals surface area contributed by atoms with Gasteiger partial charge in [0, 0.05) is 5.56 Å². The van der Waals surface area contributed by atoms with Crippen LogP contribution in [0, 0.1) is 0 Å². The van der Waals surface area contributed by atoms with Gasteiger partial charge >= 0.3 is 0 Å². The molecule has 3 aromatic rings. The van der Waals surface area contributed by atoms with Crippen molar-refractivity contribution in [1.29, 1.82) is 0 Å². The fraction of sp³-hybridized carbons (Fsp3) is 0.0952. The molecule has 1 atom stereocenters. The summed E-state index contributed by atoms with van der Waals surface area (Å²) in [5.74, 6) is 1.90. The zero-order valence-electron chi connectivity index (χ0n) is 13.8. The molecule has 0 saturated carbocycles. The van der Waals surface area contributed by atoms with Crippen LogP contribution in [0.4, 0.5) is 0 Å². The highest BCUT2D eigenvalue weighted by molar-refractivity contribution is 5.96. The lowest BCUT2D eigenvalue weighted by Gasteiger charge is -2.22. The van der Waals surface area contributed by atoms with Crippen molar-refractivity contribution in [2.75, 3.05) is 7.11 Å².